The van der Waals surface area contributed by atoms with Crippen molar-refractivity contribution in [2.45, 2.75) is 13.3 Å². The van der Waals surface area contributed by atoms with Crippen molar-refractivity contribution in [1.29, 1.82) is 5.26 Å². The maximum Gasteiger partial charge on any atom is 0.134 e. The Bertz CT molecular complexity index is 627. The van der Waals surface area contributed by atoms with Crippen molar-refractivity contribution >= 4 is 0 Å². The molecule has 0 aliphatic heterocycles. The normalized spacial score (nSPS) is 10.1. The van der Waals surface area contributed by atoms with E-state index in [0.717, 1.165) is 0 Å². The lowest BCUT2D eigenvalue weighted by Gasteiger charge is -2.07. The van der Waals surface area contributed by atoms with Crippen LogP contribution in [0.25, 0.3) is 11.1 Å². The van der Waals surface area contributed by atoms with Gasteiger partial charge < -0.3 is 0 Å². The summed E-state index contributed by atoms with van der Waals surface area (Å²) in [5.41, 5.74) is 1.54. The van der Waals surface area contributed by atoms with Crippen molar-refractivity contribution in [1.82, 2.24) is 0 Å². The zero-order chi connectivity index (χ0) is 13.1. The molecule has 0 radical (unpaired) electrons. The van der Waals surface area contributed by atoms with E-state index in [2.05, 4.69) is 0 Å². The minimum atomic E-state index is -0.507. The summed E-state index contributed by atoms with van der Waals surface area (Å²) in [5.74, 6) is -0.920. The van der Waals surface area contributed by atoms with Crippen molar-refractivity contribution in [3.8, 4) is 17.2 Å². The summed E-state index contributed by atoms with van der Waals surface area (Å²) in [7, 11) is 0. The maximum atomic E-state index is 13.9. The molecule has 0 bridgehead atoms. The third-order valence-electron chi connectivity index (χ3n) is 2.80. The van der Waals surface area contributed by atoms with Gasteiger partial charge >= 0.3 is 0 Å². The van der Waals surface area contributed by atoms with E-state index in [0.29, 0.717) is 11.1 Å². The Balaban J connectivity index is 2.52. The molecule has 0 atom stereocenters. The third kappa shape index (κ3) is 2.23. The topological polar surface area (TPSA) is 23.8 Å². The molecule has 0 aliphatic rings. The van der Waals surface area contributed by atoms with Crippen molar-refractivity contribution in [2.24, 2.45) is 0 Å². The molecule has 0 saturated carbocycles. The van der Waals surface area contributed by atoms with Gasteiger partial charge in [0.2, 0.25) is 0 Å². The third-order valence-corrected chi connectivity index (χ3v) is 2.80. The van der Waals surface area contributed by atoms with Crippen LogP contribution < -0.4 is 0 Å². The molecule has 0 spiro atoms. The molecule has 18 heavy (non-hydrogen) atoms. The fourth-order valence-electron chi connectivity index (χ4n) is 1.83. The highest BCUT2D eigenvalue weighted by atomic mass is 19.1. The summed E-state index contributed by atoms with van der Waals surface area (Å²) in [5, 5.41) is 8.54. The summed E-state index contributed by atoms with van der Waals surface area (Å²) >= 11 is 0. The van der Waals surface area contributed by atoms with E-state index in [4.69, 9.17) is 5.26 Å². The van der Waals surface area contributed by atoms with Crippen molar-refractivity contribution < 1.29 is 8.78 Å². The van der Waals surface area contributed by atoms with E-state index in [1.807, 2.05) is 6.07 Å². The van der Waals surface area contributed by atoms with Crippen LogP contribution in [-0.2, 0) is 6.42 Å². The molecule has 0 aromatic heterocycles. The molecule has 0 N–H and O–H groups in total. The van der Waals surface area contributed by atoms with E-state index in [9.17, 15) is 8.78 Å². The second-order valence-electron chi connectivity index (χ2n) is 4.09. The Morgan fingerprint density at radius 1 is 1.11 bits per heavy atom. The smallest absolute Gasteiger partial charge is 0.134 e. The van der Waals surface area contributed by atoms with Crippen LogP contribution >= 0.6 is 0 Å². The molecule has 0 fully saturated rings. The van der Waals surface area contributed by atoms with Gasteiger partial charge in [0, 0.05) is 11.1 Å². The number of benzene rings is 2. The number of nitrogens with zero attached hydrogens (tertiary/aromatic N) is 1. The molecule has 3 heteroatoms. The second kappa shape index (κ2) is 4.97. The van der Waals surface area contributed by atoms with Crippen molar-refractivity contribution in [2.75, 3.05) is 0 Å². The summed E-state index contributed by atoms with van der Waals surface area (Å²) in [6.07, 6.45) is 0.146. The average molecular weight is 243 g/mol. The van der Waals surface area contributed by atoms with Gasteiger partial charge in [0.25, 0.3) is 0 Å². The maximum absolute atomic E-state index is 13.9. The van der Waals surface area contributed by atoms with E-state index >= 15 is 0 Å². The van der Waals surface area contributed by atoms with Gasteiger partial charge in [0.15, 0.2) is 0 Å². The Kier molecular flexibility index (Phi) is 3.38. The quantitative estimate of drug-likeness (QED) is 0.781. The second-order valence-corrected chi connectivity index (χ2v) is 4.09. The van der Waals surface area contributed by atoms with E-state index in [1.54, 1.807) is 31.2 Å². The first-order chi connectivity index (χ1) is 8.63. The van der Waals surface area contributed by atoms with Crippen LogP contribution in [-0.4, -0.2) is 0 Å². The van der Waals surface area contributed by atoms with Crippen LogP contribution in [0, 0.1) is 29.9 Å². The number of rotatable bonds is 2. The number of hydrogen-bond acceptors (Lipinski definition) is 1. The summed E-state index contributed by atoms with van der Waals surface area (Å²) in [4.78, 5) is 0. The molecule has 90 valence electrons. The number of aryl methyl sites for hydroxylation is 1. The Labute approximate surface area is 104 Å². The molecule has 0 saturated heterocycles. The van der Waals surface area contributed by atoms with E-state index in [1.165, 1.54) is 12.1 Å². The Morgan fingerprint density at radius 3 is 2.56 bits per heavy atom. The standard InChI is InChI=1S/C15H11F2N/c1-10-3-2-4-13(15(10)17)12-6-5-11(7-8-18)9-14(12)16/h2-6,9H,7H2,1H3. The first kappa shape index (κ1) is 12.3. The van der Waals surface area contributed by atoms with Gasteiger partial charge in [0.1, 0.15) is 11.6 Å². The van der Waals surface area contributed by atoms with Crippen LogP contribution in [0.5, 0.6) is 0 Å². The largest absolute Gasteiger partial charge is 0.206 e. The van der Waals surface area contributed by atoms with Gasteiger partial charge in [0.05, 0.1) is 12.5 Å². The fourth-order valence-corrected chi connectivity index (χ4v) is 1.83. The molecule has 0 unspecified atom stereocenters. The number of nitriles is 1. The lowest BCUT2D eigenvalue weighted by atomic mass is 10.00. The minimum absolute atomic E-state index is 0.146. The van der Waals surface area contributed by atoms with Crippen molar-refractivity contribution in [3.63, 3.8) is 0 Å². The van der Waals surface area contributed by atoms with Gasteiger partial charge in [-0.15, -0.1) is 0 Å². The fraction of sp³-hybridized carbons (Fsp3) is 0.133. The molecule has 2 rings (SSSR count). The van der Waals surface area contributed by atoms with Crippen LogP contribution in [0.3, 0.4) is 0 Å². The van der Waals surface area contributed by atoms with Crippen LogP contribution in [0.2, 0.25) is 0 Å². The summed E-state index contributed by atoms with van der Waals surface area (Å²) in [6, 6.07) is 11.3. The van der Waals surface area contributed by atoms with Gasteiger partial charge in [-0.25, -0.2) is 8.78 Å². The molecule has 2 aromatic carbocycles. The molecule has 0 amide bonds. The van der Waals surface area contributed by atoms with Gasteiger partial charge in [-0.2, -0.15) is 5.26 Å². The van der Waals surface area contributed by atoms with E-state index < -0.39 is 11.6 Å². The van der Waals surface area contributed by atoms with Crippen LogP contribution in [0.4, 0.5) is 8.78 Å². The molecule has 2 aromatic rings. The Hall–Kier alpha value is -2.21. The predicted molar refractivity (Wildman–Crippen MR) is 65.8 cm³/mol. The zero-order valence-corrected chi connectivity index (χ0v) is 9.87. The van der Waals surface area contributed by atoms with Gasteiger partial charge in [-0.05, 0) is 24.1 Å². The Morgan fingerprint density at radius 2 is 1.89 bits per heavy atom. The molecular weight excluding hydrogens is 232 g/mol. The monoisotopic (exact) mass is 243 g/mol. The van der Waals surface area contributed by atoms with E-state index in [-0.39, 0.29) is 17.5 Å². The molecule has 0 aliphatic carbocycles. The SMILES string of the molecule is Cc1cccc(-c2ccc(CC#N)cc2F)c1F. The van der Waals surface area contributed by atoms with Crippen LogP contribution in [0.15, 0.2) is 36.4 Å². The molecule has 1 nitrogen and oxygen atoms in total. The highest BCUT2D eigenvalue weighted by molar-refractivity contribution is 5.66. The summed E-state index contributed by atoms with van der Waals surface area (Å²) < 4.78 is 27.8. The lowest BCUT2D eigenvalue weighted by Crippen LogP contribution is -1.93. The average Bonchev–Trinajstić information content (AvgIpc) is 2.34. The minimum Gasteiger partial charge on any atom is -0.206 e. The van der Waals surface area contributed by atoms with Gasteiger partial charge in [-0.1, -0.05) is 30.3 Å². The predicted octanol–water partition coefficient (Wildman–Crippen LogP) is 4.01. The lowest BCUT2D eigenvalue weighted by molar-refractivity contribution is 0.610. The number of hydrogen-bond donors (Lipinski definition) is 0. The molecule has 0 heterocycles. The summed E-state index contributed by atoms with van der Waals surface area (Å²) in [6.45, 7) is 1.64. The van der Waals surface area contributed by atoms with Crippen LogP contribution in [0.1, 0.15) is 11.1 Å². The molecular formula is C15H11F2N. The van der Waals surface area contributed by atoms with Gasteiger partial charge in [-0.3, -0.25) is 0 Å². The highest BCUT2D eigenvalue weighted by Crippen LogP contribution is 2.27. The first-order valence-corrected chi connectivity index (χ1v) is 5.54. The zero-order valence-electron chi connectivity index (χ0n) is 9.87. The van der Waals surface area contributed by atoms with Crippen molar-refractivity contribution in [3.05, 3.63) is 59.2 Å². The first-order valence-electron chi connectivity index (χ1n) is 5.54. The number of halogens is 2. The highest BCUT2D eigenvalue weighted by Gasteiger charge is 2.11.